The topological polar surface area (TPSA) is 41.6 Å². The molecule has 2 atom stereocenters. The van der Waals surface area contributed by atoms with Gasteiger partial charge in [0.15, 0.2) is 0 Å². The van der Waals surface area contributed by atoms with Crippen molar-refractivity contribution >= 4 is 5.91 Å². The van der Waals surface area contributed by atoms with Crippen molar-refractivity contribution in [1.29, 1.82) is 0 Å². The number of methoxy groups -OCH3 is 1. The Bertz CT molecular complexity index is 1140. The fourth-order valence-corrected chi connectivity index (χ4v) is 5.32. The largest absolute Gasteiger partial charge is 0.496 e. The fraction of sp³-hybridized carbons (Fsp3) is 0.367. The van der Waals surface area contributed by atoms with Gasteiger partial charge in [-0.25, -0.2) is 0 Å². The molecule has 3 aromatic carbocycles. The lowest BCUT2D eigenvalue weighted by Crippen LogP contribution is -2.47. The number of benzene rings is 3. The Hall–Kier alpha value is -3.11. The first kappa shape index (κ1) is 22.7. The molecule has 1 saturated heterocycles. The number of nitrogens with zero attached hydrogens (tertiary/aromatic N) is 1. The number of amides is 1. The van der Waals surface area contributed by atoms with Crippen molar-refractivity contribution in [2.24, 2.45) is 5.92 Å². The number of hydrogen-bond acceptors (Lipinski definition) is 3. The van der Waals surface area contributed by atoms with E-state index >= 15 is 0 Å². The maximum absolute atomic E-state index is 14.0. The first-order chi connectivity index (χ1) is 16.7. The fourth-order valence-electron chi connectivity index (χ4n) is 5.32. The van der Waals surface area contributed by atoms with Gasteiger partial charge in [-0.15, -0.1) is 0 Å². The molecule has 0 aromatic heterocycles. The molecule has 3 aromatic rings. The van der Waals surface area contributed by atoms with E-state index in [1.165, 1.54) is 22.3 Å². The molecule has 1 heterocycles. The monoisotopic (exact) mass is 454 g/mol. The molecule has 4 nitrogen and oxygen atoms in total. The third-order valence-corrected chi connectivity index (χ3v) is 7.45. The number of nitrogens with one attached hydrogen (secondary N) is 1. The second-order valence-electron chi connectivity index (χ2n) is 9.64. The van der Waals surface area contributed by atoms with E-state index in [1.807, 2.05) is 18.2 Å². The number of ether oxygens (including phenoxy) is 1. The van der Waals surface area contributed by atoms with Crippen LogP contribution in [0.25, 0.3) is 11.1 Å². The molecule has 1 saturated carbocycles. The molecule has 0 radical (unpaired) electrons. The van der Waals surface area contributed by atoms with Crippen molar-refractivity contribution in [3.8, 4) is 16.9 Å². The van der Waals surface area contributed by atoms with Crippen molar-refractivity contribution < 1.29 is 9.53 Å². The van der Waals surface area contributed by atoms with Crippen LogP contribution in [-0.4, -0.2) is 37.0 Å². The summed E-state index contributed by atoms with van der Waals surface area (Å²) in [6, 6.07) is 25.8. The van der Waals surface area contributed by atoms with Crippen molar-refractivity contribution in [3.05, 3.63) is 89.5 Å². The lowest BCUT2D eigenvalue weighted by atomic mass is 9.79. The lowest BCUT2D eigenvalue weighted by molar-refractivity contribution is -0.138. The molecule has 0 bridgehead atoms. The van der Waals surface area contributed by atoms with Gasteiger partial charge in [-0.3, -0.25) is 4.79 Å². The minimum Gasteiger partial charge on any atom is -0.496 e. The Morgan fingerprint density at radius 2 is 1.74 bits per heavy atom. The first-order valence-corrected chi connectivity index (χ1v) is 12.4. The molecular formula is C30H34N2O2. The molecular weight excluding hydrogens is 420 g/mol. The van der Waals surface area contributed by atoms with Gasteiger partial charge in [0.2, 0.25) is 5.91 Å². The summed E-state index contributed by atoms with van der Waals surface area (Å²) in [5.74, 6) is 1.35. The summed E-state index contributed by atoms with van der Waals surface area (Å²) in [6.07, 6.45) is 3.18. The second-order valence-corrected chi connectivity index (χ2v) is 9.64. The smallest absolute Gasteiger partial charge is 0.228 e. The van der Waals surface area contributed by atoms with Crippen LogP contribution in [0.5, 0.6) is 5.75 Å². The van der Waals surface area contributed by atoms with E-state index in [2.05, 4.69) is 71.7 Å². The molecule has 1 N–H and O–H groups in total. The number of piperidine rings is 1. The standard InChI is InChI=1S/C30H34N2O2/c1-21-25(12-7-13-29(21)34-2)20-32(26-14-15-26)30(33)28-19-31-17-16-27(28)24-11-6-10-23(18-24)22-8-4-3-5-9-22/h3-13,18,26-28,31H,14-17,19-20H2,1-2H3/t27-,28+/m1/s1. The summed E-state index contributed by atoms with van der Waals surface area (Å²) in [5.41, 5.74) is 6.00. The molecule has 176 valence electrons. The van der Waals surface area contributed by atoms with Crippen molar-refractivity contribution in [2.45, 2.75) is 44.7 Å². The summed E-state index contributed by atoms with van der Waals surface area (Å²) in [6.45, 7) is 4.42. The molecule has 5 rings (SSSR count). The van der Waals surface area contributed by atoms with Gasteiger partial charge in [0.05, 0.1) is 13.0 Å². The maximum Gasteiger partial charge on any atom is 0.228 e. The number of carbonyl (C=O) groups excluding carboxylic acids is 1. The van der Waals surface area contributed by atoms with E-state index in [9.17, 15) is 4.79 Å². The Labute approximate surface area is 202 Å². The Balaban J connectivity index is 1.41. The molecule has 1 amide bonds. The highest BCUT2D eigenvalue weighted by molar-refractivity contribution is 5.81. The summed E-state index contributed by atoms with van der Waals surface area (Å²) in [5, 5.41) is 3.50. The Morgan fingerprint density at radius 1 is 0.971 bits per heavy atom. The second kappa shape index (κ2) is 10.0. The number of rotatable bonds is 7. The highest BCUT2D eigenvalue weighted by Crippen LogP contribution is 2.37. The lowest BCUT2D eigenvalue weighted by Gasteiger charge is -2.36. The molecule has 1 aliphatic heterocycles. The summed E-state index contributed by atoms with van der Waals surface area (Å²) >= 11 is 0. The number of hydrogen-bond donors (Lipinski definition) is 1. The molecule has 1 aliphatic carbocycles. The van der Waals surface area contributed by atoms with E-state index in [0.717, 1.165) is 43.7 Å². The van der Waals surface area contributed by atoms with E-state index in [-0.39, 0.29) is 17.7 Å². The van der Waals surface area contributed by atoms with Gasteiger partial charge in [0.1, 0.15) is 5.75 Å². The molecule has 0 unspecified atom stereocenters. The quantitative estimate of drug-likeness (QED) is 0.509. The average molecular weight is 455 g/mol. The van der Waals surface area contributed by atoms with E-state index < -0.39 is 0 Å². The van der Waals surface area contributed by atoms with Gasteiger partial charge in [-0.05, 0) is 72.5 Å². The minimum absolute atomic E-state index is 0.0497. The SMILES string of the molecule is COc1cccc(CN(C(=O)[C@H]2CNCC[C@@H]2c2cccc(-c3ccccc3)c2)C2CC2)c1C. The maximum atomic E-state index is 14.0. The van der Waals surface area contributed by atoms with Crippen molar-refractivity contribution in [1.82, 2.24) is 10.2 Å². The summed E-state index contributed by atoms with van der Waals surface area (Å²) in [7, 11) is 1.71. The average Bonchev–Trinajstić information content (AvgIpc) is 3.74. The summed E-state index contributed by atoms with van der Waals surface area (Å²) in [4.78, 5) is 16.2. The van der Waals surface area contributed by atoms with Gasteiger partial charge >= 0.3 is 0 Å². The van der Waals surface area contributed by atoms with Crippen LogP contribution < -0.4 is 10.1 Å². The van der Waals surface area contributed by atoms with E-state index in [1.54, 1.807) is 7.11 Å². The predicted octanol–water partition coefficient (Wildman–Crippen LogP) is 5.55. The Morgan fingerprint density at radius 3 is 2.50 bits per heavy atom. The van der Waals surface area contributed by atoms with E-state index in [4.69, 9.17) is 4.74 Å². The van der Waals surface area contributed by atoms with Crippen LogP contribution in [0.1, 0.15) is 41.9 Å². The normalized spacial score (nSPS) is 20.1. The van der Waals surface area contributed by atoms with Crippen molar-refractivity contribution in [2.75, 3.05) is 20.2 Å². The van der Waals surface area contributed by atoms with Gasteiger partial charge < -0.3 is 15.0 Å². The van der Waals surface area contributed by atoms with Gasteiger partial charge in [-0.1, -0.05) is 66.7 Å². The zero-order valence-electron chi connectivity index (χ0n) is 20.2. The highest BCUT2D eigenvalue weighted by atomic mass is 16.5. The zero-order chi connectivity index (χ0) is 23.5. The molecule has 4 heteroatoms. The van der Waals surface area contributed by atoms with Gasteiger partial charge in [0, 0.05) is 19.1 Å². The summed E-state index contributed by atoms with van der Waals surface area (Å²) < 4.78 is 5.53. The third-order valence-electron chi connectivity index (χ3n) is 7.45. The molecule has 0 spiro atoms. The van der Waals surface area contributed by atoms with Crippen molar-refractivity contribution in [3.63, 3.8) is 0 Å². The molecule has 34 heavy (non-hydrogen) atoms. The Kier molecular flexibility index (Phi) is 6.68. The van der Waals surface area contributed by atoms with Gasteiger partial charge in [-0.2, -0.15) is 0 Å². The van der Waals surface area contributed by atoms with Crippen LogP contribution in [0.2, 0.25) is 0 Å². The van der Waals surface area contributed by atoms with E-state index in [0.29, 0.717) is 12.6 Å². The minimum atomic E-state index is -0.0497. The van der Waals surface area contributed by atoms with Crippen LogP contribution in [0.4, 0.5) is 0 Å². The van der Waals surface area contributed by atoms with Crippen LogP contribution in [0.3, 0.4) is 0 Å². The van der Waals surface area contributed by atoms with Crippen LogP contribution in [0, 0.1) is 12.8 Å². The third kappa shape index (κ3) is 4.74. The van der Waals surface area contributed by atoms with Crippen LogP contribution >= 0.6 is 0 Å². The first-order valence-electron chi connectivity index (χ1n) is 12.4. The predicted molar refractivity (Wildman–Crippen MR) is 137 cm³/mol. The van der Waals surface area contributed by atoms with Crippen LogP contribution in [-0.2, 0) is 11.3 Å². The molecule has 2 fully saturated rings. The van der Waals surface area contributed by atoms with Gasteiger partial charge in [0.25, 0.3) is 0 Å². The van der Waals surface area contributed by atoms with Crippen LogP contribution in [0.15, 0.2) is 72.8 Å². The highest BCUT2D eigenvalue weighted by Gasteiger charge is 2.40. The number of carbonyl (C=O) groups is 1. The zero-order valence-corrected chi connectivity index (χ0v) is 20.2. The molecule has 2 aliphatic rings.